The van der Waals surface area contributed by atoms with Crippen LogP contribution in [0.3, 0.4) is 0 Å². The predicted molar refractivity (Wildman–Crippen MR) is 235 cm³/mol. The largest absolute Gasteiger partial charge is 0.497 e. The van der Waals surface area contributed by atoms with Crippen LogP contribution in [-0.4, -0.2) is 15.2 Å². The number of benzene rings is 5. The third kappa shape index (κ3) is 6.27. The number of rotatable bonds is 9. The van der Waals surface area contributed by atoms with E-state index in [0.29, 0.717) is 16.6 Å². The van der Waals surface area contributed by atoms with Gasteiger partial charge in [-0.05, 0) is 102 Å². The van der Waals surface area contributed by atoms with Crippen LogP contribution in [0.25, 0.3) is 64.0 Å². The first-order chi connectivity index (χ1) is 24.8. The zero-order chi connectivity index (χ0) is 36.9. The minimum atomic E-state index is -1.90. The molecule has 0 N–H and O–H groups in total. The zero-order valence-electron chi connectivity index (χ0n) is 32.4. The number of hydrogen-bond donors (Lipinski definition) is 0. The van der Waals surface area contributed by atoms with Gasteiger partial charge in [0.05, 0.1) is 7.11 Å². The summed E-state index contributed by atoms with van der Waals surface area (Å²) in [6, 6.07) is 43.4. The number of hydrogen-bond acceptors (Lipinski definition) is 3. The van der Waals surface area contributed by atoms with Crippen molar-refractivity contribution in [1.29, 1.82) is 0 Å². The molecular weight excluding hydrogens is 685 g/mol. The van der Waals surface area contributed by atoms with Crippen LogP contribution in [0.2, 0.25) is 16.6 Å². The molecule has 2 aromatic heterocycles. The van der Waals surface area contributed by atoms with Gasteiger partial charge in [0.15, 0.2) is 0 Å². The standard InChI is InChI=1S/C48H52OS2Si/c1-30(2)52(31(3)4,32(5)6)45-29-43-40(26-25-39(46(43)51-45)33-14-12-11-13-15-33)41-27-24-38(34-16-20-36(21-17-34)48(7,8)9)42-28-44(50-47(41)42)35-18-22-37(49-10)23-19-35/h11-32H,1-10H3. The van der Waals surface area contributed by atoms with Gasteiger partial charge in [-0.3, -0.25) is 0 Å². The van der Waals surface area contributed by atoms with E-state index in [9.17, 15) is 0 Å². The van der Waals surface area contributed by atoms with Gasteiger partial charge in [-0.2, -0.15) is 0 Å². The van der Waals surface area contributed by atoms with Crippen molar-refractivity contribution in [2.24, 2.45) is 0 Å². The van der Waals surface area contributed by atoms with Crippen molar-refractivity contribution in [2.75, 3.05) is 7.11 Å². The van der Waals surface area contributed by atoms with E-state index in [4.69, 9.17) is 4.74 Å². The lowest BCUT2D eigenvalue weighted by molar-refractivity contribution is 0.415. The van der Waals surface area contributed by atoms with Crippen molar-refractivity contribution in [1.82, 2.24) is 0 Å². The minimum absolute atomic E-state index is 0.111. The van der Waals surface area contributed by atoms with Crippen LogP contribution in [0.5, 0.6) is 5.75 Å². The molecule has 0 unspecified atom stereocenters. The number of fused-ring (bicyclic) bond motifs is 2. The summed E-state index contributed by atoms with van der Waals surface area (Å²) < 4.78 is 9.91. The third-order valence-electron chi connectivity index (χ3n) is 11.5. The molecule has 0 saturated carbocycles. The average Bonchev–Trinajstić information content (AvgIpc) is 3.77. The van der Waals surface area contributed by atoms with Crippen LogP contribution < -0.4 is 9.24 Å². The molecule has 0 aliphatic heterocycles. The Morgan fingerprint density at radius 1 is 0.519 bits per heavy atom. The maximum absolute atomic E-state index is 5.51. The molecule has 7 aromatic rings. The Morgan fingerprint density at radius 3 is 1.63 bits per heavy atom. The topological polar surface area (TPSA) is 9.23 Å². The van der Waals surface area contributed by atoms with Crippen molar-refractivity contribution in [2.45, 2.75) is 84.4 Å². The first-order valence-electron chi connectivity index (χ1n) is 18.8. The second-order valence-corrected chi connectivity index (χ2v) is 24.7. The SMILES string of the molecule is COc1ccc(-c2cc3c(-c4ccc(C(C)(C)C)cc4)ccc(-c4ccc(-c5ccccc5)c5sc([Si](C(C)C)(C(C)C)C(C)C)cc45)c3s2)cc1. The molecule has 52 heavy (non-hydrogen) atoms. The molecule has 7 rings (SSSR count). The molecule has 1 nitrogen and oxygen atoms in total. The lowest BCUT2D eigenvalue weighted by atomic mass is 9.86. The molecule has 266 valence electrons. The van der Waals surface area contributed by atoms with E-state index in [2.05, 4.69) is 189 Å². The fourth-order valence-corrected chi connectivity index (χ4v) is 20.3. The molecule has 0 atom stereocenters. The first kappa shape index (κ1) is 36.4. The van der Waals surface area contributed by atoms with E-state index < -0.39 is 8.07 Å². The van der Waals surface area contributed by atoms with Crippen LogP contribution in [0.15, 0.2) is 115 Å². The average molecular weight is 737 g/mol. The monoisotopic (exact) mass is 736 g/mol. The summed E-state index contributed by atoms with van der Waals surface area (Å²) in [4.78, 5) is 1.27. The molecule has 0 fully saturated rings. The molecule has 0 amide bonds. The lowest BCUT2D eigenvalue weighted by Gasteiger charge is -2.42. The van der Waals surface area contributed by atoms with Gasteiger partial charge in [0.25, 0.3) is 0 Å². The van der Waals surface area contributed by atoms with E-state index in [1.165, 1.54) is 69.6 Å². The van der Waals surface area contributed by atoms with E-state index in [1.807, 2.05) is 11.3 Å². The maximum atomic E-state index is 5.51. The third-order valence-corrected chi connectivity index (χ3v) is 21.8. The minimum Gasteiger partial charge on any atom is -0.497 e. The van der Waals surface area contributed by atoms with Gasteiger partial charge in [0.1, 0.15) is 13.8 Å². The van der Waals surface area contributed by atoms with E-state index in [0.717, 1.165) is 5.75 Å². The highest BCUT2D eigenvalue weighted by atomic mass is 32.1. The highest BCUT2D eigenvalue weighted by molar-refractivity contribution is 7.32. The van der Waals surface area contributed by atoms with Gasteiger partial charge < -0.3 is 4.74 Å². The summed E-state index contributed by atoms with van der Waals surface area (Å²) in [5.41, 5.74) is 12.4. The van der Waals surface area contributed by atoms with Gasteiger partial charge in [-0.25, -0.2) is 0 Å². The Morgan fingerprint density at radius 2 is 1.04 bits per heavy atom. The van der Waals surface area contributed by atoms with E-state index in [1.54, 1.807) is 11.6 Å². The fourth-order valence-electron chi connectivity index (χ4n) is 8.90. The first-order valence-corrected chi connectivity index (χ1v) is 22.7. The van der Waals surface area contributed by atoms with E-state index in [-0.39, 0.29) is 5.41 Å². The van der Waals surface area contributed by atoms with Gasteiger partial charge in [0.2, 0.25) is 0 Å². The smallest absolute Gasteiger partial charge is 0.118 e. The highest BCUT2D eigenvalue weighted by Crippen LogP contribution is 2.49. The number of thiophene rings is 2. The summed E-state index contributed by atoms with van der Waals surface area (Å²) in [7, 11) is -0.167. The molecule has 0 saturated heterocycles. The van der Waals surface area contributed by atoms with Crippen molar-refractivity contribution in [3.05, 3.63) is 121 Å². The second-order valence-electron chi connectivity index (χ2n) is 16.3. The summed E-state index contributed by atoms with van der Waals surface area (Å²) in [6.07, 6.45) is 0. The molecular formula is C48H52OS2Si. The van der Waals surface area contributed by atoms with Crippen molar-refractivity contribution in [3.8, 4) is 49.6 Å². The summed E-state index contributed by atoms with van der Waals surface area (Å²) in [5.74, 6) is 0.878. The molecule has 0 bridgehead atoms. The normalized spacial score (nSPS) is 12.6. The maximum Gasteiger partial charge on any atom is 0.118 e. The zero-order valence-corrected chi connectivity index (χ0v) is 35.1. The summed E-state index contributed by atoms with van der Waals surface area (Å²) in [6.45, 7) is 21.8. The summed E-state index contributed by atoms with van der Waals surface area (Å²) >= 11 is 4.00. The molecule has 0 spiro atoms. The van der Waals surface area contributed by atoms with Crippen LogP contribution in [0.1, 0.15) is 67.9 Å². The van der Waals surface area contributed by atoms with Crippen LogP contribution in [-0.2, 0) is 5.41 Å². The van der Waals surface area contributed by atoms with Crippen molar-refractivity contribution in [3.63, 3.8) is 0 Å². The van der Waals surface area contributed by atoms with E-state index >= 15 is 0 Å². The molecule has 0 aliphatic carbocycles. The Bertz CT molecular complexity index is 2310. The Balaban J connectivity index is 1.51. The molecule has 2 heterocycles. The predicted octanol–water partition coefficient (Wildman–Crippen LogP) is 15.0. The highest BCUT2D eigenvalue weighted by Gasteiger charge is 2.45. The molecule has 5 aromatic carbocycles. The Labute approximate surface area is 320 Å². The second kappa shape index (κ2) is 14.1. The Kier molecular flexibility index (Phi) is 9.88. The Hall–Kier alpha value is -3.96. The number of methoxy groups -OCH3 is 1. The van der Waals surface area contributed by atoms with Crippen molar-refractivity contribution >= 4 is 55.4 Å². The fraction of sp³-hybridized carbons (Fsp3) is 0.292. The van der Waals surface area contributed by atoms with Gasteiger partial charge >= 0.3 is 0 Å². The van der Waals surface area contributed by atoms with Gasteiger partial charge in [0, 0.05) is 30.6 Å². The summed E-state index contributed by atoms with van der Waals surface area (Å²) in [5, 5.41) is 2.70. The van der Waals surface area contributed by atoms with Crippen LogP contribution in [0, 0.1) is 0 Å². The van der Waals surface area contributed by atoms with Gasteiger partial charge in [-0.1, -0.05) is 141 Å². The molecule has 0 aliphatic rings. The number of ether oxygens (including phenoxy) is 1. The lowest BCUT2D eigenvalue weighted by Crippen LogP contribution is -2.54. The molecule has 0 radical (unpaired) electrons. The van der Waals surface area contributed by atoms with Crippen LogP contribution in [0.4, 0.5) is 0 Å². The quantitative estimate of drug-likeness (QED) is 0.134. The van der Waals surface area contributed by atoms with Crippen LogP contribution >= 0.6 is 22.7 Å². The van der Waals surface area contributed by atoms with Gasteiger partial charge in [-0.15, -0.1) is 22.7 Å². The van der Waals surface area contributed by atoms with Crippen molar-refractivity contribution < 1.29 is 4.74 Å². The molecule has 4 heteroatoms.